The Morgan fingerprint density at radius 2 is 1.81 bits per heavy atom. The number of carbonyl (C=O) groups excluding carboxylic acids is 1. The van der Waals surface area contributed by atoms with Gasteiger partial charge in [0.15, 0.2) is 0 Å². The molecule has 16 heavy (non-hydrogen) atoms. The molecule has 2 aliphatic carbocycles. The first kappa shape index (κ1) is 10.6. The number of hydrogen-bond donors (Lipinski definition) is 2. The van der Waals surface area contributed by atoms with Crippen LogP contribution in [0, 0.1) is 23.7 Å². The SMILES string of the molecule is O=C(CC1CNC1)NCC(C1CC1)C1CC1. The predicted octanol–water partition coefficient (Wildman–Crippen LogP) is 1.15. The van der Waals surface area contributed by atoms with E-state index in [-0.39, 0.29) is 5.91 Å². The Bertz CT molecular complexity index is 255. The molecule has 0 bridgehead atoms. The highest BCUT2D eigenvalue weighted by molar-refractivity contribution is 5.76. The lowest BCUT2D eigenvalue weighted by Crippen LogP contribution is -2.45. The van der Waals surface area contributed by atoms with Crippen molar-refractivity contribution in [3.05, 3.63) is 0 Å². The van der Waals surface area contributed by atoms with Crippen molar-refractivity contribution in [1.29, 1.82) is 0 Å². The van der Waals surface area contributed by atoms with Crippen LogP contribution in [-0.2, 0) is 4.79 Å². The third-order valence-electron chi connectivity index (χ3n) is 4.33. The first-order valence-electron chi connectivity index (χ1n) is 6.80. The summed E-state index contributed by atoms with van der Waals surface area (Å²) in [4.78, 5) is 11.7. The van der Waals surface area contributed by atoms with Gasteiger partial charge in [-0.05, 0) is 62.4 Å². The first-order chi connectivity index (χ1) is 7.83. The summed E-state index contributed by atoms with van der Waals surface area (Å²) in [6.07, 6.45) is 6.36. The Kier molecular flexibility index (Phi) is 2.88. The minimum atomic E-state index is 0.276. The van der Waals surface area contributed by atoms with Gasteiger partial charge in [-0.15, -0.1) is 0 Å². The second-order valence-electron chi connectivity index (χ2n) is 5.87. The number of amides is 1. The van der Waals surface area contributed by atoms with Crippen LogP contribution in [-0.4, -0.2) is 25.5 Å². The number of carbonyl (C=O) groups is 1. The van der Waals surface area contributed by atoms with Gasteiger partial charge in [0.25, 0.3) is 0 Å². The molecule has 0 radical (unpaired) electrons. The van der Waals surface area contributed by atoms with Crippen molar-refractivity contribution in [2.75, 3.05) is 19.6 Å². The van der Waals surface area contributed by atoms with Crippen molar-refractivity contribution >= 4 is 5.91 Å². The molecule has 0 atom stereocenters. The third kappa shape index (κ3) is 2.57. The van der Waals surface area contributed by atoms with Gasteiger partial charge >= 0.3 is 0 Å². The summed E-state index contributed by atoms with van der Waals surface area (Å²) in [5.74, 6) is 3.57. The Morgan fingerprint density at radius 3 is 2.25 bits per heavy atom. The van der Waals surface area contributed by atoms with Gasteiger partial charge < -0.3 is 10.6 Å². The smallest absolute Gasteiger partial charge is 0.220 e. The highest BCUT2D eigenvalue weighted by Crippen LogP contribution is 2.48. The van der Waals surface area contributed by atoms with E-state index in [2.05, 4.69) is 10.6 Å². The van der Waals surface area contributed by atoms with Crippen LogP contribution in [0.5, 0.6) is 0 Å². The van der Waals surface area contributed by atoms with Crippen molar-refractivity contribution in [3.8, 4) is 0 Å². The lowest BCUT2D eigenvalue weighted by Gasteiger charge is -2.26. The predicted molar refractivity (Wildman–Crippen MR) is 62.9 cm³/mol. The molecule has 3 heteroatoms. The molecule has 0 aromatic rings. The van der Waals surface area contributed by atoms with Crippen molar-refractivity contribution in [1.82, 2.24) is 10.6 Å². The van der Waals surface area contributed by atoms with Gasteiger partial charge in [0, 0.05) is 13.0 Å². The number of rotatable bonds is 6. The summed E-state index contributed by atoms with van der Waals surface area (Å²) >= 11 is 0. The fourth-order valence-corrected chi connectivity index (χ4v) is 2.83. The molecule has 2 N–H and O–H groups in total. The maximum Gasteiger partial charge on any atom is 0.220 e. The van der Waals surface area contributed by atoms with Crippen LogP contribution >= 0.6 is 0 Å². The molecule has 1 heterocycles. The zero-order chi connectivity index (χ0) is 11.0. The highest BCUT2D eigenvalue weighted by Gasteiger charge is 2.41. The molecule has 0 spiro atoms. The zero-order valence-corrected chi connectivity index (χ0v) is 9.87. The molecular weight excluding hydrogens is 200 g/mol. The van der Waals surface area contributed by atoms with E-state index in [1.165, 1.54) is 25.7 Å². The van der Waals surface area contributed by atoms with Crippen LogP contribution in [0.2, 0.25) is 0 Å². The van der Waals surface area contributed by atoms with Gasteiger partial charge in [0.05, 0.1) is 0 Å². The standard InChI is InChI=1S/C13H22N2O/c16-13(5-9-6-14-7-9)15-8-12(10-1-2-10)11-3-4-11/h9-12,14H,1-8H2,(H,15,16). The second-order valence-corrected chi connectivity index (χ2v) is 5.87. The van der Waals surface area contributed by atoms with E-state index in [0.717, 1.165) is 43.8 Å². The maximum atomic E-state index is 11.7. The minimum Gasteiger partial charge on any atom is -0.356 e. The summed E-state index contributed by atoms with van der Waals surface area (Å²) in [7, 11) is 0. The molecule has 3 rings (SSSR count). The third-order valence-corrected chi connectivity index (χ3v) is 4.33. The molecule has 0 aromatic carbocycles. The number of hydrogen-bond acceptors (Lipinski definition) is 2. The van der Waals surface area contributed by atoms with E-state index < -0.39 is 0 Å². The normalized spacial score (nSPS) is 25.6. The average molecular weight is 222 g/mol. The molecule has 1 aliphatic heterocycles. The van der Waals surface area contributed by atoms with E-state index in [1.807, 2.05) is 0 Å². The van der Waals surface area contributed by atoms with Gasteiger partial charge in [0.1, 0.15) is 0 Å². The summed E-state index contributed by atoms with van der Waals surface area (Å²) in [6, 6.07) is 0. The van der Waals surface area contributed by atoms with Crippen molar-refractivity contribution < 1.29 is 4.79 Å². The van der Waals surface area contributed by atoms with Gasteiger partial charge in [-0.25, -0.2) is 0 Å². The average Bonchev–Trinajstić information content (AvgIpc) is 3.03. The van der Waals surface area contributed by atoms with E-state index >= 15 is 0 Å². The van der Waals surface area contributed by atoms with Gasteiger partial charge in [-0.2, -0.15) is 0 Å². The van der Waals surface area contributed by atoms with Gasteiger partial charge in [-0.3, -0.25) is 4.79 Å². The van der Waals surface area contributed by atoms with Crippen LogP contribution in [0.25, 0.3) is 0 Å². The van der Waals surface area contributed by atoms with Crippen LogP contribution < -0.4 is 10.6 Å². The van der Waals surface area contributed by atoms with E-state index in [1.54, 1.807) is 0 Å². The van der Waals surface area contributed by atoms with Crippen molar-refractivity contribution in [3.63, 3.8) is 0 Å². The van der Waals surface area contributed by atoms with Gasteiger partial charge in [-0.1, -0.05) is 0 Å². The van der Waals surface area contributed by atoms with Crippen LogP contribution in [0.4, 0.5) is 0 Å². The van der Waals surface area contributed by atoms with Gasteiger partial charge in [0.2, 0.25) is 5.91 Å². The van der Waals surface area contributed by atoms with E-state index in [0.29, 0.717) is 5.92 Å². The van der Waals surface area contributed by atoms with Crippen LogP contribution in [0.15, 0.2) is 0 Å². The molecule has 90 valence electrons. The molecule has 0 aromatic heterocycles. The minimum absolute atomic E-state index is 0.276. The quantitative estimate of drug-likeness (QED) is 0.708. The molecule has 0 unspecified atom stereocenters. The molecule has 3 fully saturated rings. The Labute approximate surface area is 97.4 Å². The van der Waals surface area contributed by atoms with Crippen molar-refractivity contribution in [2.45, 2.75) is 32.1 Å². The number of nitrogens with one attached hydrogen (secondary N) is 2. The molecule has 1 amide bonds. The summed E-state index contributed by atoms with van der Waals surface area (Å²) in [5, 5.41) is 6.37. The lowest BCUT2D eigenvalue weighted by atomic mass is 9.96. The van der Waals surface area contributed by atoms with Crippen LogP contribution in [0.1, 0.15) is 32.1 Å². The van der Waals surface area contributed by atoms with E-state index in [9.17, 15) is 4.79 Å². The summed E-state index contributed by atoms with van der Waals surface area (Å²) in [6.45, 7) is 3.01. The first-order valence-corrected chi connectivity index (χ1v) is 6.80. The highest BCUT2D eigenvalue weighted by atomic mass is 16.1. The van der Waals surface area contributed by atoms with Crippen LogP contribution in [0.3, 0.4) is 0 Å². The summed E-state index contributed by atoms with van der Waals surface area (Å²) < 4.78 is 0. The zero-order valence-electron chi connectivity index (χ0n) is 9.87. The largest absolute Gasteiger partial charge is 0.356 e. The van der Waals surface area contributed by atoms with Crippen molar-refractivity contribution in [2.24, 2.45) is 23.7 Å². The molecule has 3 aliphatic rings. The fourth-order valence-electron chi connectivity index (χ4n) is 2.83. The summed E-state index contributed by atoms with van der Waals surface area (Å²) in [5.41, 5.74) is 0. The lowest BCUT2D eigenvalue weighted by molar-refractivity contribution is -0.122. The maximum absolute atomic E-state index is 11.7. The molecule has 2 saturated carbocycles. The topological polar surface area (TPSA) is 41.1 Å². The second kappa shape index (κ2) is 4.36. The molecule has 3 nitrogen and oxygen atoms in total. The molecular formula is C13H22N2O. The fraction of sp³-hybridized carbons (Fsp3) is 0.923. The Hall–Kier alpha value is -0.570. The Balaban J connectivity index is 1.38. The van der Waals surface area contributed by atoms with E-state index in [4.69, 9.17) is 0 Å². The monoisotopic (exact) mass is 222 g/mol. The molecule has 1 saturated heterocycles. The Morgan fingerprint density at radius 1 is 1.19 bits per heavy atom.